The summed E-state index contributed by atoms with van der Waals surface area (Å²) in [5.74, 6) is 0. The first-order valence-corrected chi connectivity index (χ1v) is 2.63. The van der Waals surface area contributed by atoms with Gasteiger partial charge in [-0.25, -0.2) is 9.59 Å². The molecule has 0 aromatic rings. The van der Waals surface area contributed by atoms with E-state index in [2.05, 4.69) is 9.47 Å². The number of allylic oxidation sites excluding steroid dienone is 1. The molecule has 0 atom stereocenters. The monoisotopic (exact) mass is 143 g/mol. The van der Waals surface area contributed by atoms with Gasteiger partial charge in [-0.05, 0) is 6.92 Å². The molecule has 4 heteroatoms. The van der Waals surface area contributed by atoms with E-state index in [-0.39, 0.29) is 6.61 Å². The van der Waals surface area contributed by atoms with Crippen molar-refractivity contribution in [3.63, 3.8) is 0 Å². The maximum absolute atomic E-state index is 10.2. The van der Waals surface area contributed by atoms with Gasteiger partial charge in [0.1, 0.15) is 6.61 Å². The van der Waals surface area contributed by atoms with E-state index in [1.807, 2.05) is 0 Å². The molecule has 0 aromatic carbocycles. The van der Waals surface area contributed by atoms with E-state index in [1.54, 1.807) is 19.1 Å². The van der Waals surface area contributed by atoms with Crippen LogP contribution in [0.25, 0.3) is 0 Å². The molecule has 0 N–H and O–H groups in total. The van der Waals surface area contributed by atoms with Crippen molar-refractivity contribution in [1.82, 2.24) is 0 Å². The second-order valence-electron chi connectivity index (χ2n) is 1.32. The molecule has 0 bridgehead atoms. The molecule has 0 aromatic heterocycles. The summed E-state index contributed by atoms with van der Waals surface area (Å²) < 4.78 is 8.00. The van der Waals surface area contributed by atoms with E-state index >= 15 is 0 Å². The third-order valence-corrected chi connectivity index (χ3v) is 0.658. The third kappa shape index (κ3) is 4.83. The fourth-order valence-electron chi connectivity index (χ4n) is 0.276. The Morgan fingerprint density at radius 1 is 1.70 bits per heavy atom. The number of hydrogen-bond acceptors (Lipinski definition) is 4. The van der Waals surface area contributed by atoms with Crippen molar-refractivity contribution < 1.29 is 19.1 Å². The fraction of sp³-hybridized carbons (Fsp3) is 0.333. The molecule has 0 amide bonds. The van der Waals surface area contributed by atoms with Gasteiger partial charge in [0.05, 0.1) is 0 Å². The van der Waals surface area contributed by atoms with E-state index in [0.717, 1.165) is 6.47 Å². The molecular formula is C6H7O4. The van der Waals surface area contributed by atoms with Gasteiger partial charge in [-0.2, -0.15) is 0 Å². The highest BCUT2D eigenvalue weighted by molar-refractivity contribution is 5.69. The summed E-state index contributed by atoms with van der Waals surface area (Å²) in [6, 6.07) is 0. The molecule has 0 aliphatic carbocycles. The maximum Gasteiger partial charge on any atom is 0.516 e. The average Bonchev–Trinajstić information content (AvgIpc) is 1.89. The van der Waals surface area contributed by atoms with Gasteiger partial charge in [-0.15, -0.1) is 0 Å². The molecule has 0 heterocycles. The normalized spacial score (nSPS) is 9.30. The minimum Gasteiger partial charge on any atom is -0.430 e. The van der Waals surface area contributed by atoms with E-state index in [0.29, 0.717) is 0 Å². The van der Waals surface area contributed by atoms with E-state index < -0.39 is 6.16 Å². The minimum atomic E-state index is -1.03. The second-order valence-corrected chi connectivity index (χ2v) is 1.32. The Labute approximate surface area is 58.4 Å². The van der Waals surface area contributed by atoms with Crippen molar-refractivity contribution in [3.8, 4) is 0 Å². The topological polar surface area (TPSA) is 52.6 Å². The standard InChI is InChI=1S/C6H7O4/c1-2-3-4-9-6(8)10-5-7/h2-3H,4H2,1H3/b3-2+. The molecule has 1 radical (unpaired) electrons. The average molecular weight is 143 g/mol. The summed E-state index contributed by atoms with van der Waals surface area (Å²) in [5, 5.41) is 0. The van der Waals surface area contributed by atoms with Gasteiger partial charge in [0.25, 0.3) is 0 Å². The molecule has 0 rings (SSSR count). The summed E-state index contributed by atoms with van der Waals surface area (Å²) in [7, 11) is 0. The number of carbonyl (C=O) groups excluding carboxylic acids is 2. The number of carbonyl (C=O) groups is 1. The quantitative estimate of drug-likeness (QED) is 0.333. The van der Waals surface area contributed by atoms with Gasteiger partial charge in [0, 0.05) is 0 Å². The Morgan fingerprint density at radius 3 is 2.90 bits per heavy atom. The summed E-state index contributed by atoms with van der Waals surface area (Å²) in [4.78, 5) is 19.6. The molecule has 0 unspecified atom stereocenters. The Kier molecular flexibility index (Phi) is 5.04. The van der Waals surface area contributed by atoms with Gasteiger partial charge in [0.2, 0.25) is 0 Å². The zero-order chi connectivity index (χ0) is 7.82. The zero-order valence-corrected chi connectivity index (χ0v) is 5.49. The molecule has 0 aliphatic heterocycles. The molecular weight excluding hydrogens is 136 g/mol. The molecule has 0 fully saturated rings. The SMILES string of the molecule is C/C=C/COC(=O)O[C]=O. The van der Waals surface area contributed by atoms with Gasteiger partial charge in [0.15, 0.2) is 0 Å². The lowest BCUT2D eigenvalue weighted by Gasteiger charge is -1.94. The third-order valence-electron chi connectivity index (χ3n) is 0.658. The van der Waals surface area contributed by atoms with Crippen LogP contribution in [-0.4, -0.2) is 19.2 Å². The number of hydrogen-bond donors (Lipinski definition) is 0. The first-order chi connectivity index (χ1) is 4.81. The van der Waals surface area contributed by atoms with Crippen LogP contribution >= 0.6 is 0 Å². The summed E-state index contributed by atoms with van der Waals surface area (Å²) in [5.41, 5.74) is 0. The van der Waals surface area contributed by atoms with Crippen LogP contribution in [0.2, 0.25) is 0 Å². The first kappa shape index (κ1) is 8.68. The Bertz CT molecular complexity index is 139. The van der Waals surface area contributed by atoms with Crippen molar-refractivity contribution in [2.24, 2.45) is 0 Å². The highest BCUT2D eigenvalue weighted by atomic mass is 16.7. The zero-order valence-electron chi connectivity index (χ0n) is 5.49. The largest absolute Gasteiger partial charge is 0.516 e. The van der Waals surface area contributed by atoms with Crippen LogP contribution < -0.4 is 0 Å². The predicted octanol–water partition coefficient (Wildman–Crippen LogP) is 0.783. The predicted molar refractivity (Wildman–Crippen MR) is 32.9 cm³/mol. The molecule has 0 spiro atoms. The van der Waals surface area contributed by atoms with Gasteiger partial charge >= 0.3 is 12.6 Å². The van der Waals surface area contributed by atoms with Crippen LogP contribution in [0.1, 0.15) is 6.92 Å². The van der Waals surface area contributed by atoms with Crippen molar-refractivity contribution in [2.45, 2.75) is 6.92 Å². The number of rotatable bonds is 3. The maximum atomic E-state index is 10.2. The molecule has 10 heavy (non-hydrogen) atoms. The molecule has 4 nitrogen and oxygen atoms in total. The lowest BCUT2D eigenvalue weighted by atomic mass is 10.6. The molecule has 0 saturated carbocycles. The van der Waals surface area contributed by atoms with E-state index in [4.69, 9.17) is 0 Å². The van der Waals surface area contributed by atoms with Crippen LogP contribution in [0, 0.1) is 0 Å². The molecule has 0 saturated heterocycles. The second kappa shape index (κ2) is 5.81. The van der Waals surface area contributed by atoms with Gasteiger partial charge < -0.3 is 9.47 Å². The molecule has 0 aliphatic rings. The minimum absolute atomic E-state index is 0.108. The summed E-state index contributed by atoms with van der Waals surface area (Å²) in [6.45, 7) is 2.83. The van der Waals surface area contributed by atoms with Crippen molar-refractivity contribution in [2.75, 3.05) is 6.61 Å². The van der Waals surface area contributed by atoms with Crippen molar-refractivity contribution in [3.05, 3.63) is 12.2 Å². The van der Waals surface area contributed by atoms with Crippen LogP contribution in [-0.2, 0) is 14.3 Å². The smallest absolute Gasteiger partial charge is 0.430 e. The highest BCUT2D eigenvalue weighted by Gasteiger charge is 1.99. The van der Waals surface area contributed by atoms with Crippen LogP contribution in [0.5, 0.6) is 0 Å². The fourth-order valence-corrected chi connectivity index (χ4v) is 0.276. The lowest BCUT2D eigenvalue weighted by Crippen LogP contribution is -2.05. The van der Waals surface area contributed by atoms with Gasteiger partial charge in [-0.3, -0.25) is 0 Å². The first-order valence-electron chi connectivity index (χ1n) is 2.63. The van der Waals surface area contributed by atoms with Crippen molar-refractivity contribution in [1.29, 1.82) is 0 Å². The Balaban J connectivity index is 3.30. The Hall–Kier alpha value is -1.32. The van der Waals surface area contributed by atoms with Crippen molar-refractivity contribution >= 4 is 12.6 Å². The van der Waals surface area contributed by atoms with Crippen LogP contribution in [0.3, 0.4) is 0 Å². The van der Waals surface area contributed by atoms with Crippen LogP contribution in [0.15, 0.2) is 12.2 Å². The van der Waals surface area contributed by atoms with E-state index in [1.165, 1.54) is 0 Å². The van der Waals surface area contributed by atoms with Gasteiger partial charge in [-0.1, -0.05) is 12.2 Å². The van der Waals surface area contributed by atoms with E-state index in [9.17, 15) is 9.59 Å². The summed E-state index contributed by atoms with van der Waals surface area (Å²) in [6.07, 6.45) is 2.28. The summed E-state index contributed by atoms with van der Waals surface area (Å²) >= 11 is 0. The Morgan fingerprint density at radius 2 is 2.40 bits per heavy atom. The highest BCUT2D eigenvalue weighted by Crippen LogP contribution is 1.82. The van der Waals surface area contributed by atoms with Crippen LogP contribution in [0.4, 0.5) is 4.79 Å². The molecule has 55 valence electrons. The number of ether oxygens (including phenoxy) is 2. The lowest BCUT2D eigenvalue weighted by molar-refractivity contribution is 0.104.